The van der Waals surface area contributed by atoms with E-state index in [4.69, 9.17) is 0 Å². The van der Waals surface area contributed by atoms with Crippen molar-refractivity contribution in [1.29, 1.82) is 0 Å². The van der Waals surface area contributed by atoms with Gasteiger partial charge >= 0.3 is 0 Å². The lowest BCUT2D eigenvalue weighted by atomic mass is 9.54. The van der Waals surface area contributed by atoms with Crippen molar-refractivity contribution in [2.75, 3.05) is 31.1 Å². The van der Waals surface area contributed by atoms with Crippen LogP contribution in [0.2, 0.25) is 0 Å². The molecule has 0 aromatic heterocycles. The van der Waals surface area contributed by atoms with Gasteiger partial charge in [0.15, 0.2) is 5.78 Å². The average molecular weight is 340 g/mol. The second kappa shape index (κ2) is 6.12. The largest absolute Gasteiger partial charge is 0.360 e. The summed E-state index contributed by atoms with van der Waals surface area (Å²) in [5.74, 6) is 4.39. The number of Topliss-reactive ketones (excluding diaryl/α,β-unsaturated/α-hetero) is 1. The summed E-state index contributed by atoms with van der Waals surface area (Å²) in [5.41, 5.74) is 2.11. The van der Waals surface area contributed by atoms with Gasteiger partial charge in [-0.05, 0) is 75.1 Å². The van der Waals surface area contributed by atoms with E-state index in [1.165, 1.54) is 44.5 Å². The molecule has 5 fully saturated rings. The van der Waals surface area contributed by atoms with Crippen LogP contribution in [0.3, 0.4) is 0 Å². The fraction of sp³-hybridized carbons (Fsp3) is 0.682. The fourth-order valence-corrected chi connectivity index (χ4v) is 6.88. The Kier molecular flexibility index (Phi) is 3.89. The molecule has 0 amide bonds. The van der Waals surface area contributed by atoms with Crippen LogP contribution in [0.4, 0.5) is 5.69 Å². The summed E-state index contributed by atoms with van der Waals surface area (Å²) in [5, 5.41) is 0. The lowest BCUT2D eigenvalue weighted by Crippen LogP contribution is -3.20. The summed E-state index contributed by atoms with van der Waals surface area (Å²) in [7, 11) is 0. The van der Waals surface area contributed by atoms with Gasteiger partial charge in [0.25, 0.3) is 0 Å². The van der Waals surface area contributed by atoms with E-state index in [0.717, 1.165) is 48.4 Å². The predicted octanol–water partition coefficient (Wildman–Crippen LogP) is 2.42. The van der Waals surface area contributed by atoms with Crippen molar-refractivity contribution in [3.8, 4) is 0 Å². The van der Waals surface area contributed by atoms with Crippen molar-refractivity contribution in [2.24, 2.45) is 23.7 Å². The van der Waals surface area contributed by atoms with Gasteiger partial charge in [0, 0.05) is 23.1 Å². The Balaban J connectivity index is 1.23. The number of nitrogens with zero attached hydrogens (tertiary/aromatic N) is 1. The molecule has 0 atom stereocenters. The highest BCUT2D eigenvalue weighted by atomic mass is 16.1. The molecule has 5 aliphatic rings. The molecular weight excluding hydrogens is 308 g/mol. The number of carbonyl (C=O) groups excluding carboxylic acids is 1. The van der Waals surface area contributed by atoms with Crippen LogP contribution in [0, 0.1) is 23.7 Å². The first-order chi connectivity index (χ1) is 12.2. The summed E-state index contributed by atoms with van der Waals surface area (Å²) in [4.78, 5) is 15.9. The number of carbonyl (C=O) groups is 1. The molecule has 1 saturated heterocycles. The average Bonchev–Trinajstić information content (AvgIpc) is 2.61. The van der Waals surface area contributed by atoms with Gasteiger partial charge in [-0.25, -0.2) is 0 Å². The normalized spacial score (nSPS) is 37.5. The lowest BCUT2D eigenvalue weighted by molar-refractivity contribution is -0.936. The van der Waals surface area contributed by atoms with Gasteiger partial charge in [0.05, 0.1) is 32.2 Å². The predicted molar refractivity (Wildman–Crippen MR) is 100 cm³/mol. The summed E-state index contributed by atoms with van der Waals surface area (Å²) < 4.78 is 0. The molecule has 0 spiro atoms. The van der Waals surface area contributed by atoms with Gasteiger partial charge in [-0.1, -0.05) is 0 Å². The van der Waals surface area contributed by atoms with Crippen LogP contribution in [0.5, 0.6) is 0 Å². The van der Waals surface area contributed by atoms with E-state index in [-0.39, 0.29) is 5.78 Å². The highest BCUT2D eigenvalue weighted by Crippen LogP contribution is 2.53. The zero-order valence-corrected chi connectivity index (χ0v) is 15.4. The van der Waals surface area contributed by atoms with E-state index in [1.807, 2.05) is 17.0 Å². The monoisotopic (exact) mass is 339 g/mol. The van der Waals surface area contributed by atoms with Crippen molar-refractivity contribution < 1.29 is 9.69 Å². The Bertz CT molecular complexity index is 616. The number of anilines is 1. The van der Waals surface area contributed by atoms with E-state index < -0.39 is 0 Å². The minimum Gasteiger partial charge on any atom is -0.360 e. The smallest absolute Gasteiger partial charge is 0.159 e. The molecule has 6 rings (SSSR count). The van der Waals surface area contributed by atoms with Gasteiger partial charge in [-0.2, -0.15) is 0 Å². The standard InChI is InChI=1S/C22H30N2O/c1-15(25)18-2-4-21(5-3-18)23-6-8-24(9-7-23)22-19-11-16-10-17(13-19)14-20(22)12-16/h2-5,16-17,19-20,22H,6-14H2,1H3/p+1. The molecule has 1 heterocycles. The van der Waals surface area contributed by atoms with Crippen LogP contribution in [0.25, 0.3) is 0 Å². The quantitative estimate of drug-likeness (QED) is 0.856. The Morgan fingerprint density at radius 2 is 1.48 bits per heavy atom. The third kappa shape index (κ3) is 2.81. The maximum Gasteiger partial charge on any atom is 0.159 e. The van der Waals surface area contributed by atoms with E-state index >= 15 is 0 Å². The molecule has 25 heavy (non-hydrogen) atoms. The number of hydrogen-bond acceptors (Lipinski definition) is 2. The third-order valence-corrected chi connectivity index (χ3v) is 7.74. The molecule has 134 valence electrons. The highest BCUT2D eigenvalue weighted by Gasteiger charge is 2.52. The minimum atomic E-state index is 0.155. The lowest BCUT2D eigenvalue weighted by Gasteiger charge is -2.56. The molecule has 1 aromatic carbocycles. The van der Waals surface area contributed by atoms with Crippen LogP contribution >= 0.6 is 0 Å². The third-order valence-electron chi connectivity index (χ3n) is 7.74. The van der Waals surface area contributed by atoms with E-state index in [9.17, 15) is 4.79 Å². The van der Waals surface area contributed by atoms with Gasteiger partial charge in [-0.3, -0.25) is 4.79 Å². The van der Waals surface area contributed by atoms with Crippen LogP contribution in [0.15, 0.2) is 24.3 Å². The Morgan fingerprint density at radius 3 is 2.00 bits per heavy atom. The number of nitrogens with one attached hydrogen (secondary N) is 1. The Labute approximate surface area is 151 Å². The first-order valence-electron chi connectivity index (χ1n) is 10.4. The molecule has 1 aliphatic heterocycles. The fourth-order valence-electron chi connectivity index (χ4n) is 6.88. The molecule has 4 bridgehead atoms. The van der Waals surface area contributed by atoms with Crippen LogP contribution < -0.4 is 9.80 Å². The molecule has 1 N–H and O–H groups in total. The number of benzene rings is 1. The molecule has 0 unspecified atom stereocenters. The van der Waals surface area contributed by atoms with Crippen LogP contribution in [-0.4, -0.2) is 38.0 Å². The SMILES string of the molecule is CC(=O)c1ccc(N2CC[NH+](C3C4CC5CC(C4)CC3C5)CC2)cc1. The highest BCUT2D eigenvalue weighted by molar-refractivity contribution is 5.94. The van der Waals surface area contributed by atoms with Gasteiger partial charge in [0.1, 0.15) is 0 Å². The summed E-state index contributed by atoms with van der Waals surface area (Å²) in [6.07, 6.45) is 7.71. The molecule has 4 saturated carbocycles. The number of hydrogen-bond donors (Lipinski definition) is 1. The molecule has 1 aromatic rings. The molecule has 3 nitrogen and oxygen atoms in total. The molecule has 4 aliphatic carbocycles. The topological polar surface area (TPSA) is 24.8 Å². The second-order valence-corrected chi connectivity index (χ2v) is 9.20. The van der Waals surface area contributed by atoms with Crippen LogP contribution in [-0.2, 0) is 0 Å². The van der Waals surface area contributed by atoms with Crippen molar-refractivity contribution >= 4 is 11.5 Å². The molecule has 3 heteroatoms. The first kappa shape index (κ1) is 15.9. The summed E-state index contributed by atoms with van der Waals surface area (Å²) in [6.45, 7) is 6.56. The molecular formula is C22H31N2O+. The van der Waals surface area contributed by atoms with Crippen LogP contribution in [0.1, 0.15) is 49.4 Å². The maximum absolute atomic E-state index is 11.5. The summed E-state index contributed by atoms with van der Waals surface area (Å²) >= 11 is 0. The Morgan fingerprint density at radius 1 is 0.920 bits per heavy atom. The number of rotatable bonds is 3. The van der Waals surface area contributed by atoms with Crippen molar-refractivity contribution in [1.82, 2.24) is 0 Å². The number of quaternary nitrogens is 1. The van der Waals surface area contributed by atoms with Gasteiger partial charge < -0.3 is 9.80 Å². The van der Waals surface area contributed by atoms with Gasteiger partial charge in [-0.15, -0.1) is 0 Å². The number of ketones is 1. The van der Waals surface area contributed by atoms with Crippen molar-refractivity contribution in [2.45, 2.75) is 45.1 Å². The minimum absolute atomic E-state index is 0.155. The zero-order chi connectivity index (χ0) is 17.0. The number of piperazine rings is 1. The Hall–Kier alpha value is -1.35. The maximum atomic E-state index is 11.5. The van der Waals surface area contributed by atoms with E-state index in [1.54, 1.807) is 13.3 Å². The second-order valence-electron chi connectivity index (χ2n) is 9.20. The van der Waals surface area contributed by atoms with E-state index in [2.05, 4.69) is 17.0 Å². The molecule has 0 radical (unpaired) electrons. The zero-order valence-electron chi connectivity index (χ0n) is 15.4. The summed E-state index contributed by atoms with van der Waals surface area (Å²) in [6, 6.07) is 9.19. The van der Waals surface area contributed by atoms with Crippen molar-refractivity contribution in [3.05, 3.63) is 29.8 Å². The van der Waals surface area contributed by atoms with E-state index in [0.29, 0.717) is 0 Å². The first-order valence-corrected chi connectivity index (χ1v) is 10.4. The van der Waals surface area contributed by atoms with Crippen molar-refractivity contribution in [3.63, 3.8) is 0 Å². The van der Waals surface area contributed by atoms with Gasteiger partial charge in [0.2, 0.25) is 0 Å².